The average Bonchev–Trinajstić information content (AvgIpc) is 3.17. The maximum absolute atomic E-state index is 12.0. The predicted octanol–water partition coefficient (Wildman–Crippen LogP) is 3.33. The third-order valence-corrected chi connectivity index (χ3v) is 3.59. The lowest BCUT2D eigenvalue weighted by Gasteiger charge is -2.09. The van der Waals surface area contributed by atoms with Crippen LogP contribution in [0.3, 0.4) is 0 Å². The first-order valence-electron chi connectivity index (χ1n) is 8.58. The number of allylic oxidation sites excluding steroid dienone is 1. The highest BCUT2D eigenvalue weighted by molar-refractivity contribution is 5.90. The summed E-state index contributed by atoms with van der Waals surface area (Å²) in [5, 5.41) is 26.3. The number of amides is 3. The number of carbonyl (C=O) groups excluding carboxylic acids is 1. The maximum Gasteiger partial charge on any atom is 0.404 e. The first-order chi connectivity index (χ1) is 13.5. The molecular formula is C19H22N4O5. The van der Waals surface area contributed by atoms with Crippen molar-refractivity contribution < 1.29 is 24.2 Å². The third kappa shape index (κ3) is 6.52. The van der Waals surface area contributed by atoms with Gasteiger partial charge >= 0.3 is 12.1 Å². The zero-order valence-corrected chi connectivity index (χ0v) is 15.3. The van der Waals surface area contributed by atoms with Crippen molar-refractivity contribution in [3.63, 3.8) is 0 Å². The lowest BCUT2D eigenvalue weighted by molar-refractivity contribution is 0.195. The fourth-order valence-corrected chi connectivity index (χ4v) is 2.26. The first-order valence-corrected chi connectivity index (χ1v) is 8.58. The number of phenolic OH excluding ortho intramolecular Hbond substituents is 1. The number of aromatic nitrogens is 1. The summed E-state index contributed by atoms with van der Waals surface area (Å²) in [5.74, 6) is 0.363. The highest BCUT2D eigenvalue weighted by Gasteiger charge is 2.09. The molecule has 0 saturated heterocycles. The van der Waals surface area contributed by atoms with Crippen LogP contribution in [-0.2, 0) is 0 Å². The second-order valence-corrected chi connectivity index (χ2v) is 5.68. The van der Waals surface area contributed by atoms with Gasteiger partial charge in [0.05, 0.1) is 11.8 Å². The second-order valence-electron chi connectivity index (χ2n) is 5.68. The Balaban J connectivity index is 1.91. The van der Waals surface area contributed by atoms with Gasteiger partial charge in [-0.3, -0.25) is 0 Å². The zero-order valence-electron chi connectivity index (χ0n) is 15.3. The van der Waals surface area contributed by atoms with Gasteiger partial charge in [-0.25, -0.2) is 14.6 Å². The molecule has 148 valence electrons. The van der Waals surface area contributed by atoms with Crippen LogP contribution in [0.4, 0.5) is 15.3 Å². The van der Waals surface area contributed by atoms with Crippen LogP contribution < -0.4 is 16.0 Å². The average molecular weight is 386 g/mol. The van der Waals surface area contributed by atoms with Crippen LogP contribution in [0.5, 0.6) is 5.75 Å². The largest absolute Gasteiger partial charge is 0.507 e. The molecule has 0 aliphatic heterocycles. The first kappa shape index (κ1) is 20.6. The van der Waals surface area contributed by atoms with Crippen LogP contribution in [0, 0.1) is 0 Å². The predicted molar refractivity (Wildman–Crippen MR) is 104 cm³/mol. The van der Waals surface area contributed by atoms with Crippen LogP contribution in [0.15, 0.2) is 59.0 Å². The molecule has 0 atom stereocenters. The van der Waals surface area contributed by atoms with Gasteiger partial charge in [-0.15, -0.1) is 0 Å². The molecule has 0 aliphatic rings. The van der Waals surface area contributed by atoms with Crippen molar-refractivity contribution in [2.75, 3.05) is 18.4 Å². The number of aromatic hydroxyl groups is 1. The summed E-state index contributed by atoms with van der Waals surface area (Å²) >= 11 is 0. The summed E-state index contributed by atoms with van der Waals surface area (Å²) < 4.78 is 5.13. The second kappa shape index (κ2) is 10.4. The molecule has 0 fully saturated rings. The number of carboxylic acid groups (broad SMARTS) is 1. The van der Waals surface area contributed by atoms with E-state index in [0.717, 1.165) is 12.0 Å². The number of hydrogen-bond donors (Lipinski definition) is 5. The van der Waals surface area contributed by atoms with E-state index in [2.05, 4.69) is 20.9 Å². The fraction of sp³-hybridized carbons (Fsp3) is 0.211. The van der Waals surface area contributed by atoms with Crippen molar-refractivity contribution >= 4 is 17.8 Å². The number of urea groups is 1. The molecule has 0 radical (unpaired) electrons. The van der Waals surface area contributed by atoms with Crippen molar-refractivity contribution in [2.24, 2.45) is 0 Å². The van der Waals surface area contributed by atoms with E-state index in [-0.39, 0.29) is 18.8 Å². The quantitative estimate of drug-likeness (QED) is 0.441. The Bertz CT molecular complexity index is 859. The highest BCUT2D eigenvalue weighted by Crippen LogP contribution is 2.31. The summed E-state index contributed by atoms with van der Waals surface area (Å²) in [6.07, 6.45) is 7.85. The van der Waals surface area contributed by atoms with Gasteiger partial charge in [-0.05, 0) is 24.1 Å². The number of nitrogens with one attached hydrogen (secondary N) is 3. The van der Waals surface area contributed by atoms with Crippen molar-refractivity contribution in [3.05, 3.63) is 54.6 Å². The van der Waals surface area contributed by atoms with E-state index in [9.17, 15) is 14.7 Å². The van der Waals surface area contributed by atoms with Crippen molar-refractivity contribution in [1.29, 1.82) is 0 Å². The SMILES string of the molecule is CC/C=C\C(=C/CNC(=O)Nc1ccc(-c2cnco2)c(O)c1)CNC(=O)O. The van der Waals surface area contributed by atoms with Gasteiger partial charge in [-0.2, -0.15) is 0 Å². The molecule has 1 heterocycles. The summed E-state index contributed by atoms with van der Waals surface area (Å²) in [5.41, 5.74) is 1.60. The Morgan fingerprint density at radius 1 is 1.29 bits per heavy atom. The number of rotatable bonds is 8. The number of carbonyl (C=O) groups is 2. The van der Waals surface area contributed by atoms with Crippen molar-refractivity contribution in [3.8, 4) is 17.1 Å². The maximum atomic E-state index is 12.0. The van der Waals surface area contributed by atoms with E-state index in [0.29, 0.717) is 17.0 Å². The summed E-state index contributed by atoms with van der Waals surface area (Å²) in [4.78, 5) is 26.4. The number of nitrogens with zero attached hydrogens (tertiary/aromatic N) is 1. The molecule has 2 aromatic rings. The van der Waals surface area contributed by atoms with Crippen LogP contribution in [0.2, 0.25) is 0 Å². The smallest absolute Gasteiger partial charge is 0.404 e. The molecule has 0 bridgehead atoms. The van der Waals surface area contributed by atoms with E-state index in [1.165, 1.54) is 18.7 Å². The minimum Gasteiger partial charge on any atom is -0.507 e. The van der Waals surface area contributed by atoms with Gasteiger partial charge in [-0.1, -0.05) is 25.2 Å². The summed E-state index contributed by atoms with van der Waals surface area (Å²) in [7, 11) is 0. The lowest BCUT2D eigenvalue weighted by Crippen LogP contribution is -2.29. The minimum absolute atomic E-state index is 0.0545. The number of benzene rings is 1. The Morgan fingerprint density at radius 3 is 2.75 bits per heavy atom. The molecule has 9 heteroatoms. The minimum atomic E-state index is -1.12. The lowest BCUT2D eigenvalue weighted by atomic mass is 10.1. The molecule has 0 unspecified atom stereocenters. The van der Waals surface area contributed by atoms with Crippen LogP contribution >= 0.6 is 0 Å². The Labute approximate surface area is 161 Å². The molecule has 3 amide bonds. The normalized spacial score (nSPS) is 11.4. The van der Waals surface area contributed by atoms with Gasteiger partial charge in [0.2, 0.25) is 0 Å². The van der Waals surface area contributed by atoms with E-state index in [1.807, 2.05) is 13.0 Å². The molecule has 1 aromatic carbocycles. The van der Waals surface area contributed by atoms with Crippen molar-refractivity contribution in [2.45, 2.75) is 13.3 Å². The Kier molecular flexibility index (Phi) is 7.64. The van der Waals surface area contributed by atoms with Gasteiger partial charge in [0, 0.05) is 24.8 Å². The topological polar surface area (TPSA) is 137 Å². The summed E-state index contributed by atoms with van der Waals surface area (Å²) in [6.45, 7) is 2.32. The molecule has 28 heavy (non-hydrogen) atoms. The van der Waals surface area contributed by atoms with Gasteiger partial charge in [0.1, 0.15) is 5.75 Å². The fourth-order valence-electron chi connectivity index (χ4n) is 2.26. The zero-order chi connectivity index (χ0) is 20.4. The summed E-state index contributed by atoms with van der Waals surface area (Å²) in [6, 6.07) is 4.17. The molecule has 1 aromatic heterocycles. The molecule has 0 aliphatic carbocycles. The molecule has 9 nitrogen and oxygen atoms in total. The van der Waals surface area contributed by atoms with E-state index >= 15 is 0 Å². The Morgan fingerprint density at radius 2 is 2.11 bits per heavy atom. The number of hydrogen-bond acceptors (Lipinski definition) is 5. The monoisotopic (exact) mass is 386 g/mol. The van der Waals surface area contributed by atoms with Crippen LogP contribution in [0.1, 0.15) is 13.3 Å². The van der Waals surface area contributed by atoms with Gasteiger partial charge < -0.3 is 30.6 Å². The Hall–Kier alpha value is -3.75. The molecule has 0 saturated carbocycles. The van der Waals surface area contributed by atoms with Crippen LogP contribution in [0.25, 0.3) is 11.3 Å². The molecule has 0 spiro atoms. The van der Waals surface area contributed by atoms with Crippen molar-refractivity contribution in [1.82, 2.24) is 15.6 Å². The standard InChI is InChI=1S/C19H22N4O5/c1-2-3-4-13(10-22-19(26)27)7-8-21-18(25)23-14-5-6-15(16(24)9-14)17-11-20-12-28-17/h3-7,9,11-12,22,24H,2,8,10H2,1H3,(H,26,27)(H2,21,23,25)/b4-3-,13-7+. The number of anilines is 1. The third-order valence-electron chi connectivity index (χ3n) is 3.59. The molecule has 5 N–H and O–H groups in total. The van der Waals surface area contributed by atoms with E-state index in [4.69, 9.17) is 9.52 Å². The van der Waals surface area contributed by atoms with E-state index in [1.54, 1.807) is 24.3 Å². The molecular weight excluding hydrogens is 364 g/mol. The van der Waals surface area contributed by atoms with E-state index < -0.39 is 12.1 Å². The van der Waals surface area contributed by atoms with Gasteiger partial charge in [0.25, 0.3) is 0 Å². The number of phenols is 1. The van der Waals surface area contributed by atoms with Crippen LogP contribution in [-0.4, -0.2) is 40.4 Å². The molecule has 2 rings (SSSR count). The highest BCUT2D eigenvalue weighted by atomic mass is 16.4. The van der Waals surface area contributed by atoms with Gasteiger partial charge in [0.15, 0.2) is 12.2 Å². The number of oxazole rings is 1.